The third-order valence-corrected chi connectivity index (χ3v) is 7.00. The van der Waals surface area contributed by atoms with Gasteiger partial charge in [0.2, 0.25) is 0 Å². The zero-order valence-electron chi connectivity index (χ0n) is 21.3. The number of hydrogen-bond acceptors (Lipinski definition) is 2. The Morgan fingerprint density at radius 2 is 0.700 bits per heavy atom. The predicted molar refractivity (Wildman–Crippen MR) is 136 cm³/mol. The molecule has 2 heteroatoms. The Labute approximate surface area is 191 Å². The van der Waals surface area contributed by atoms with Crippen LogP contribution >= 0.6 is 0 Å². The molecule has 1 saturated heterocycles. The van der Waals surface area contributed by atoms with Crippen LogP contribution in [0.3, 0.4) is 0 Å². The Hall–Kier alpha value is -0.0800. The Balaban J connectivity index is 1.86. The van der Waals surface area contributed by atoms with Gasteiger partial charge in [-0.25, -0.2) is 0 Å². The van der Waals surface area contributed by atoms with Crippen LogP contribution in [0.15, 0.2) is 0 Å². The van der Waals surface area contributed by atoms with Crippen molar-refractivity contribution >= 4 is 0 Å². The van der Waals surface area contributed by atoms with Crippen LogP contribution in [0.4, 0.5) is 0 Å². The quantitative estimate of drug-likeness (QED) is 0.161. The van der Waals surface area contributed by atoms with E-state index in [2.05, 4.69) is 23.6 Å². The molecule has 0 bridgehead atoms. The van der Waals surface area contributed by atoms with E-state index in [1.807, 2.05) is 0 Å². The summed E-state index contributed by atoms with van der Waals surface area (Å²) in [5, 5.41) is 0. The summed E-state index contributed by atoms with van der Waals surface area (Å²) < 4.78 is 0. The van der Waals surface area contributed by atoms with Gasteiger partial charge in [-0.1, -0.05) is 129 Å². The second-order valence-corrected chi connectivity index (χ2v) is 10.1. The molecule has 0 saturated carbocycles. The molecule has 0 aromatic heterocycles. The molecule has 0 spiro atoms. The standard InChI is InChI=1S/C28H58N2/c1-3-5-7-9-11-13-15-17-19-21-24-29-26-23-27-30(28-29)25-22-20-18-16-14-12-10-8-6-4-2/h3-28H2,1-2H3. The van der Waals surface area contributed by atoms with Gasteiger partial charge in [0.1, 0.15) is 0 Å². The molecular formula is C28H58N2. The second-order valence-electron chi connectivity index (χ2n) is 10.1. The molecule has 0 radical (unpaired) electrons. The van der Waals surface area contributed by atoms with Gasteiger partial charge in [-0.2, -0.15) is 0 Å². The summed E-state index contributed by atoms with van der Waals surface area (Å²) in [5.74, 6) is 0. The number of unbranched alkanes of at least 4 members (excludes halogenated alkanes) is 18. The molecule has 1 aliphatic heterocycles. The first-order valence-corrected chi connectivity index (χ1v) is 14.3. The van der Waals surface area contributed by atoms with Crippen LogP contribution in [0.2, 0.25) is 0 Å². The molecule has 0 N–H and O–H groups in total. The maximum absolute atomic E-state index is 2.73. The van der Waals surface area contributed by atoms with Crippen molar-refractivity contribution in [2.24, 2.45) is 0 Å². The maximum atomic E-state index is 2.73. The van der Waals surface area contributed by atoms with E-state index in [1.54, 1.807) is 0 Å². The summed E-state index contributed by atoms with van der Waals surface area (Å²) >= 11 is 0. The average Bonchev–Trinajstić information content (AvgIpc) is 2.76. The zero-order chi connectivity index (χ0) is 21.5. The molecule has 1 heterocycles. The molecule has 0 aromatic rings. The lowest BCUT2D eigenvalue weighted by Gasteiger charge is -2.35. The highest BCUT2D eigenvalue weighted by Crippen LogP contribution is 2.14. The van der Waals surface area contributed by atoms with E-state index in [4.69, 9.17) is 0 Å². The number of nitrogens with zero attached hydrogens (tertiary/aromatic N) is 2. The van der Waals surface area contributed by atoms with Crippen molar-refractivity contribution in [3.63, 3.8) is 0 Å². The highest BCUT2D eigenvalue weighted by molar-refractivity contribution is 4.69. The minimum Gasteiger partial charge on any atom is -0.290 e. The third-order valence-electron chi connectivity index (χ3n) is 7.00. The van der Waals surface area contributed by atoms with E-state index < -0.39 is 0 Å². The van der Waals surface area contributed by atoms with E-state index in [9.17, 15) is 0 Å². The predicted octanol–water partition coefficient (Wildman–Crippen LogP) is 8.79. The van der Waals surface area contributed by atoms with Crippen LogP contribution in [0.25, 0.3) is 0 Å². The highest BCUT2D eigenvalue weighted by Gasteiger charge is 2.16. The van der Waals surface area contributed by atoms with E-state index in [0.29, 0.717) is 0 Å². The molecule has 0 amide bonds. The molecule has 2 nitrogen and oxygen atoms in total. The molecule has 1 fully saturated rings. The maximum Gasteiger partial charge on any atom is 0.0506 e. The first-order chi connectivity index (χ1) is 14.9. The number of rotatable bonds is 22. The van der Waals surface area contributed by atoms with Crippen LogP contribution in [0.1, 0.15) is 149 Å². The minimum atomic E-state index is 1.24. The van der Waals surface area contributed by atoms with Gasteiger partial charge in [-0.15, -0.1) is 0 Å². The minimum absolute atomic E-state index is 1.24. The summed E-state index contributed by atoms with van der Waals surface area (Å²) in [7, 11) is 0. The third kappa shape index (κ3) is 17.6. The lowest BCUT2D eigenvalue weighted by molar-refractivity contribution is 0.0829. The normalized spacial score (nSPS) is 15.8. The Bertz CT molecular complexity index is 301. The lowest BCUT2D eigenvalue weighted by atomic mass is 10.1. The van der Waals surface area contributed by atoms with Gasteiger partial charge in [-0.3, -0.25) is 9.80 Å². The van der Waals surface area contributed by atoms with E-state index >= 15 is 0 Å². The van der Waals surface area contributed by atoms with Crippen LogP contribution < -0.4 is 0 Å². The summed E-state index contributed by atoms with van der Waals surface area (Å²) in [4.78, 5) is 5.45. The largest absolute Gasteiger partial charge is 0.290 e. The molecule has 0 unspecified atom stereocenters. The van der Waals surface area contributed by atoms with Crippen LogP contribution in [0.5, 0.6) is 0 Å². The van der Waals surface area contributed by atoms with Crippen LogP contribution in [-0.2, 0) is 0 Å². The molecule has 30 heavy (non-hydrogen) atoms. The van der Waals surface area contributed by atoms with Crippen molar-refractivity contribution < 1.29 is 0 Å². The molecule has 1 aliphatic rings. The first kappa shape index (κ1) is 28.0. The van der Waals surface area contributed by atoms with Crippen molar-refractivity contribution in [2.45, 2.75) is 149 Å². The van der Waals surface area contributed by atoms with E-state index in [-0.39, 0.29) is 0 Å². The SMILES string of the molecule is CCCCCCCCCCCCN1CCCN(CCCCCCCCCCCC)C1. The van der Waals surface area contributed by atoms with Crippen molar-refractivity contribution in [2.75, 3.05) is 32.8 Å². The van der Waals surface area contributed by atoms with Gasteiger partial charge in [0.25, 0.3) is 0 Å². The zero-order valence-corrected chi connectivity index (χ0v) is 21.3. The Kier molecular flexibility index (Phi) is 20.6. The van der Waals surface area contributed by atoms with E-state index in [0.717, 1.165) is 0 Å². The Morgan fingerprint density at radius 3 is 1.03 bits per heavy atom. The van der Waals surface area contributed by atoms with Crippen LogP contribution in [-0.4, -0.2) is 42.6 Å². The fourth-order valence-corrected chi connectivity index (χ4v) is 4.95. The molecular weight excluding hydrogens is 364 g/mol. The average molecular weight is 423 g/mol. The van der Waals surface area contributed by atoms with Crippen molar-refractivity contribution in [3.8, 4) is 0 Å². The fourth-order valence-electron chi connectivity index (χ4n) is 4.95. The monoisotopic (exact) mass is 422 g/mol. The van der Waals surface area contributed by atoms with Gasteiger partial charge >= 0.3 is 0 Å². The number of hydrogen-bond donors (Lipinski definition) is 0. The summed E-state index contributed by atoms with van der Waals surface area (Å²) in [6.07, 6.45) is 30.3. The molecule has 0 aliphatic carbocycles. The fraction of sp³-hybridized carbons (Fsp3) is 1.00. The molecule has 0 aromatic carbocycles. The van der Waals surface area contributed by atoms with Gasteiger partial charge in [0, 0.05) is 13.1 Å². The molecule has 180 valence electrons. The summed E-state index contributed by atoms with van der Waals surface area (Å²) in [5.41, 5.74) is 0. The van der Waals surface area contributed by atoms with Crippen molar-refractivity contribution in [1.82, 2.24) is 9.80 Å². The van der Waals surface area contributed by atoms with Gasteiger partial charge in [-0.05, 0) is 32.4 Å². The topological polar surface area (TPSA) is 6.48 Å². The Morgan fingerprint density at radius 1 is 0.400 bits per heavy atom. The van der Waals surface area contributed by atoms with Gasteiger partial charge in [0.05, 0.1) is 6.67 Å². The van der Waals surface area contributed by atoms with Crippen LogP contribution in [0, 0.1) is 0 Å². The molecule has 1 rings (SSSR count). The smallest absolute Gasteiger partial charge is 0.0506 e. The highest BCUT2D eigenvalue weighted by atomic mass is 15.3. The second kappa shape index (κ2) is 22.1. The summed E-state index contributed by atoms with van der Waals surface area (Å²) in [6.45, 7) is 11.2. The van der Waals surface area contributed by atoms with E-state index in [1.165, 1.54) is 168 Å². The van der Waals surface area contributed by atoms with Gasteiger partial charge < -0.3 is 0 Å². The first-order valence-electron chi connectivity index (χ1n) is 14.3. The van der Waals surface area contributed by atoms with Crippen molar-refractivity contribution in [1.29, 1.82) is 0 Å². The lowest BCUT2D eigenvalue weighted by Crippen LogP contribution is -2.45. The summed E-state index contributed by atoms with van der Waals surface area (Å²) in [6, 6.07) is 0. The van der Waals surface area contributed by atoms with Crippen molar-refractivity contribution in [3.05, 3.63) is 0 Å². The molecule has 0 atom stereocenters. The van der Waals surface area contributed by atoms with Gasteiger partial charge in [0.15, 0.2) is 0 Å².